The maximum atomic E-state index is 12.8. The lowest BCUT2D eigenvalue weighted by Gasteiger charge is -2.29. The predicted molar refractivity (Wildman–Crippen MR) is 102 cm³/mol. The van der Waals surface area contributed by atoms with Crippen LogP contribution in [0, 0.1) is 5.92 Å². The van der Waals surface area contributed by atoms with Crippen LogP contribution in [-0.2, 0) is 19.4 Å². The maximum Gasteiger partial charge on any atom is 0.237 e. The minimum absolute atomic E-state index is 0.0936. The predicted octanol–water partition coefficient (Wildman–Crippen LogP) is 2.54. The van der Waals surface area contributed by atoms with Crippen molar-refractivity contribution in [2.45, 2.75) is 48.2 Å². The van der Waals surface area contributed by atoms with Crippen molar-refractivity contribution in [3.05, 3.63) is 18.2 Å². The third-order valence-electron chi connectivity index (χ3n) is 4.80. The van der Waals surface area contributed by atoms with E-state index in [0.29, 0.717) is 18.8 Å². The van der Waals surface area contributed by atoms with E-state index in [2.05, 4.69) is 5.32 Å². The zero-order valence-corrected chi connectivity index (χ0v) is 16.7. The van der Waals surface area contributed by atoms with E-state index in [-0.39, 0.29) is 27.7 Å². The van der Waals surface area contributed by atoms with Gasteiger partial charge in [0.15, 0.2) is 9.84 Å². The minimum atomic E-state index is -3.62. The Bertz CT molecular complexity index is 816. The van der Waals surface area contributed by atoms with Crippen molar-refractivity contribution >= 4 is 39.1 Å². The summed E-state index contributed by atoms with van der Waals surface area (Å²) < 4.78 is 25.5. The zero-order valence-electron chi connectivity index (χ0n) is 15.0. The van der Waals surface area contributed by atoms with Crippen LogP contribution in [0.1, 0.15) is 33.1 Å². The van der Waals surface area contributed by atoms with Gasteiger partial charge in [0.1, 0.15) is 0 Å². The molecule has 2 amide bonds. The molecule has 6 nitrogen and oxygen atoms in total. The molecule has 0 saturated carbocycles. The lowest BCUT2D eigenvalue weighted by molar-refractivity contribution is -0.135. The number of likely N-dealkylation sites (tertiary alicyclic amines) is 1. The number of piperidine rings is 1. The first-order chi connectivity index (χ1) is 12.3. The summed E-state index contributed by atoms with van der Waals surface area (Å²) >= 11 is 1.41. The highest BCUT2D eigenvalue weighted by Crippen LogP contribution is 2.37. The third kappa shape index (κ3) is 4.06. The van der Waals surface area contributed by atoms with Gasteiger partial charge in [-0.2, -0.15) is 0 Å². The molecule has 1 N–H and O–H groups in total. The molecule has 0 aromatic heterocycles. The molecule has 2 aliphatic heterocycles. The Morgan fingerprint density at radius 2 is 2.00 bits per heavy atom. The van der Waals surface area contributed by atoms with E-state index in [1.165, 1.54) is 17.8 Å². The van der Waals surface area contributed by atoms with E-state index in [0.717, 1.165) is 24.2 Å². The number of hydrogen-bond acceptors (Lipinski definition) is 5. The molecule has 0 aliphatic carbocycles. The molecule has 3 rings (SSSR count). The summed E-state index contributed by atoms with van der Waals surface area (Å²) in [5.41, 5.74) is 0.522. The average Bonchev–Trinajstić information content (AvgIpc) is 2.62. The second-order valence-corrected chi connectivity index (χ2v) is 10.4. The molecule has 1 fully saturated rings. The number of nitrogens with zero attached hydrogens (tertiary/aromatic N) is 1. The number of carbonyl (C=O) groups is 2. The van der Waals surface area contributed by atoms with Crippen molar-refractivity contribution < 1.29 is 18.0 Å². The van der Waals surface area contributed by atoms with Gasteiger partial charge in [-0.1, -0.05) is 6.92 Å². The molecule has 2 heterocycles. The Balaban J connectivity index is 1.74. The molecule has 1 aromatic rings. The molecule has 1 saturated heterocycles. The van der Waals surface area contributed by atoms with Crippen LogP contribution < -0.4 is 5.32 Å². The second kappa shape index (κ2) is 7.60. The number of rotatable bonds is 4. The van der Waals surface area contributed by atoms with Gasteiger partial charge in [-0.05, 0) is 44.4 Å². The van der Waals surface area contributed by atoms with E-state index in [1.54, 1.807) is 24.0 Å². The van der Waals surface area contributed by atoms with Gasteiger partial charge in [0.25, 0.3) is 0 Å². The van der Waals surface area contributed by atoms with Crippen molar-refractivity contribution in [2.24, 2.45) is 5.92 Å². The number of fused-ring (bicyclic) bond motifs is 1. The number of hydrogen-bond donors (Lipinski definition) is 1. The van der Waals surface area contributed by atoms with Crippen molar-refractivity contribution in [3.8, 4) is 0 Å². The van der Waals surface area contributed by atoms with Gasteiger partial charge in [-0.25, -0.2) is 8.42 Å². The van der Waals surface area contributed by atoms with Crippen molar-refractivity contribution in [2.75, 3.05) is 24.2 Å². The number of carbonyl (C=O) groups excluding carboxylic acids is 2. The van der Waals surface area contributed by atoms with E-state index < -0.39 is 15.8 Å². The molecular weight excluding hydrogens is 372 g/mol. The van der Waals surface area contributed by atoms with E-state index in [1.807, 2.05) is 6.92 Å². The van der Waals surface area contributed by atoms with E-state index in [4.69, 9.17) is 0 Å². The molecule has 142 valence electrons. The number of nitrogens with one attached hydrogen (secondary N) is 1. The van der Waals surface area contributed by atoms with Crippen molar-refractivity contribution in [3.63, 3.8) is 0 Å². The Hall–Kier alpha value is -1.54. The quantitative estimate of drug-likeness (QED) is 0.846. The van der Waals surface area contributed by atoms with Crippen LogP contribution in [0.2, 0.25) is 0 Å². The van der Waals surface area contributed by atoms with Crippen LogP contribution >= 0.6 is 11.8 Å². The van der Waals surface area contributed by atoms with Crippen LogP contribution in [-0.4, -0.2) is 49.2 Å². The molecule has 2 atom stereocenters. The van der Waals surface area contributed by atoms with Crippen LogP contribution in [0.15, 0.2) is 28.0 Å². The van der Waals surface area contributed by atoms with Crippen LogP contribution in [0.4, 0.5) is 5.69 Å². The highest BCUT2D eigenvalue weighted by molar-refractivity contribution is 8.01. The van der Waals surface area contributed by atoms with E-state index in [9.17, 15) is 18.0 Å². The Morgan fingerprint density at radius 1 is 1.31 bits per heavy atom. The maximum absolute atomic E-state index is 12.8. The summed E-state index contributed by atoms with van der Waals surface area (Å²) in [7, 11) is -3.62. The first-order valence-electron chi connectivity index (χ1n) is 8.91. The number of thioether (sulfide) groups is 1. The zero-order chi connectivity index (χ0) is 18.9. The molecule has 0 spiro atoms. The van der Waals surface area contributed by atoms with Crippen LogP contribution in [0.5, 0.6) is 0 Å². The summed E-state index contributed by atoms with van der Waals surface area (Å²) in [6, 6.07) is 4.78. The minimum Gasteiger partial charge on any atom is -0.342 e. The molecule has 2 aliphatic rings. The summed E-state index contributed by atoms with van der Waals surface area (Å²) in [5.74, 6) is -1.04. The molecule has 0 radical (unpaired) electrons. The van der Waals surface area contributed by atoms with Gasteiger partial charge in [0.05, 0.1) is 21.6 Å². The van der Waals surface area contributed by atoms with Gasteiger partial charge in [0, 0.05) is 23.9 Å². The summed E-state index contributed by atoms with van der Waals surface area (Å²) in [4.78, 5) is 27.1. The smallest absolute Gasteiger partial charge is 0.237 e. The SMILES string of the molecule is CC(CS(=O)(=O)c1ccc2c(c1)NC(=O)C(C)S2)C(=O)N1CCCCC1. The molecule has 2 unspecified atom stereocenters. The van der Waals surface area contributed by atoms with Crippen LogP contribution in [0.25, 0.3) is 0 Å². The first kappa shape index (κ1) is 19.2. The fourth-order valence-corrected chi connectivity index (χ4v) is 5.80. The Labute approximate surface area is 158 Å². The Kier molecular flexibility index (Phi) is 5.62. The van der Waals surface area contributed by atoms with E-state index >= 15 is 0 Å². The number of sulfone groups is 1. The highest BCUT2D eigenvalue weighted by atomic mass is 32.2. The standard InChI is InChI=1S/C18H24N2O4S2/c1-12(18(22)20-8-4-3-5-9-20)11-26(23,24)14-6-7-16-15(10-14)19-17(21)13(2)25-16/h6-7,10,12-13H,3-5,8-9,11H2,1-2H3,(H,19,21). The normalized spacial score (nSPS) is 21.7. The largest absolute Gasteiger partial charge is 0.342 e. The summed E-state index contributed by atoms with van der Waals surface area (Å²) in [6.07, 6.45) is 3.07. The van der Waals surface area contributed by atoms with Gasteiger partial charge in [-0.15, -0.1) is 11.8 Å². The van der Waals surface area contributed by atoms with Crippen LogP contribution in [0.3, 0.4) is 0 Å². The molecule has 0 bridgehead atoms. The lowest BCUT2D eigenvalue weighted by atomic mass is 10.1. The van der Waals surface area contributed by atoms with Crippen molar-refractivity contribution in [1.29, 1.82) is 0 Å². The summed E-state index contributed by atoms with van der Waals surface area (Å²) in [6.45, 7) is 4.90. The molecule has 8 heteroatoms. The molecule has 1 aromatic carbocycles. The van der Waals surface area contributed by atoms with Gasteiger partial charge < -0.3 is 10.2 Å². The lowest BCUT2D eigenvalue weighted by Crippen LogP contribution is -2.40. The van der Waals surface area contributed by atoms with Gasteiger partial charge in [0.2, 0.25) is 11.8 Å². The first-order valence-corrected chi connectivity index (χ1v) is 11.4. The van der Waals surface area contributed by atoms with Crippen molar-refractivity contribution in [1.82, 2.24) is 4.90 Å². The fraction of sp³-hybridized carbons (Fsp3) is 0.556. The average molecular weight is 397 g/mol. The second-order valence-electron chi connectivity index (χ2n) is 6.98. The topological polar surface area (TPSA) is 83.5 Å². The van der Waals surface area contributed by atoms with Gasteiger partial charge >= 0.3 is 0 Å². The number of anilines is 1. The number of benzene rings is 1. The molecular formula is C18H24N2O4S2. The van der Waals surface area contributed by atoms with Gasteiger partial charge in [-0.3, -0.25) is 9.59 Å². The third-order valence-corrected chi connectivity index (χ3v) is 7.89. The number of amides is 2. The molecule has 26 heavy (non-hydrogen) atoms. The highest BCUT2D eigenvalue weighted by Gasteiger charge is 2.29. The Morgan fingerprint density at radius 3 is 2.69 bits per heavy atom. The summed E-state index contributed by atoms with van der Waals surface area (Å²) in [5, 5.41) is 2.55. The fourth-order valence-electron chi connectivity index (χ4n) is 3.30. The monoisotopic (exact) mass is 396 g/mol.